The number of nitrogens with one attached hydrogen (secondary N) is 2. The molecule has 14 heteroatoms. The van der Waals surface area contributed by atoms with Gasteiger partial charge < -0.3 is 15.7 Å². The third-order valence-electron chi connectivity index (χ3n) is 6.12. The summed E-state index contributed by atoms with van der Waals surface area (Å²) in [6, 6.07) is 7.66. The van der Waals surface area contributed by atoms with Crippen molar-refractivity contribution in [1.29, 1.82) is 0 Å². The van der Waals surface area contributed by atoms with Crippen molar-refractivity contribution in [1.82, 2.24) is 29.8 Å². The number of hydrogen-bond acceptors (Lipinski definition) is 7. The minimum absolute atomic E-state index is 0.206. The van der Waals surface area contributed by atoms with E-state index >= 15 is 0 Å². The third kappa shape index (κ3) is 5.09. The maximum Gasteiger partial charge on any atom is 0.287 e. The van der Waals surface area contributed by atoms with Crippen molar-refractivity contribution in [2.45, 2.75) is 37.7 Å². The first kappa shape index (κ1) is 24.6. The molecule has 5 rings (SSSR count). The SMILES string of the molecule is Cc1ccc(-c2nnn(C3CC(F)(F)C3)n2)cc1NC(=O)c1cnn2ccc(NCC(F)(F)CO)cc12. The Labute approximate surface area is 207 Å². The first-order valence-corrected chi connectivity index (χ1v) is 11.3. The van der Waals surface area contributed by atoms with Crippen molar-refractivity contribution in [3.8, 4) is 11.4 Å². The molecule has 0 radical (unpaired) electrons. The Balaban J connectivity index is 1.34. The number of aliphatic hydroxyl groups excluding tert-OH is 1. The van der Waals surface area contributed by atoms with Crippen LogP contribution in [-0.2, 0) is 0 Å². The topological polar surface area (TPSA) is 122 Å². The lowest BCUT2D eigenvalue weighted by Crippen LogP contribution is -2.38. The molecule has 1 amide bonds. The molecule has 1 saturated carbocycles. The molecule has 4 aromatic rings. The number of aliphatic hydroxyl groups is 1. The summed E-state index contributed by atoms with van der Waals surface area (Å²) in [5.74, 6) is -6.25. The van der Waals surface area contributed by atoms with Gasteiger partial charge in [-0.15, -0.1) is 10.2 Å². The van der Waals surface area contributed by atoms with Gasteiger partial charge in [0.15, 0.2) is 0 Å². The van der Waals surface area contributed by atoms with Gasteiger partial charge in [0.05, 0.1) is 29.9 Å². The van der Waals surface area contributed by atoms with Crippen LogP contribution in [0.1, 0.15) is 34.8 Å². The largest absolute Gasteiger partial charge is 0.390 e. The normalized spacial score (nSPS) is 15.5. The van der Waals surface area contributed by atoms with Gasteiger partial charge in [-0.2, -0.15) is 9.90 Å². The zero-order valence-electron chi connectivity index (χ0n) is 19.5. The molecule has 1 aliphatic rings. The Bertz CT molecular complexity index is 1460. The van der Waals surface area contributed by atoms with E-state index in [2.05, 4.69) is 31.1 Å². The molecule has 1 aromatic carbocycles. The summed E-state index contributed by atoms with van der Waals surface area (Å²) in [6.45, 7) is -0.272. The van der Waals surface area contributed by atoms with Crippen LogP contribution in [0, 0.1) is 6.92 Å². The van der Waals surface area contributed by atoms with E-state index in [1.165, 1.54) is 33.8 Å². The van der Waals surface area contributed by atoms with Crippen LogP contribution in [0.25, 0.3) is 16.9 Å². The first-order valence-electron chi connectivity index (χ1n) is 11.3. The van der Waals surface area contributed by atoms with Gasteiger partial charge in [-0.1, -0.05) is 12.1 Å². The highest BCUT2D eigenvalue weighted by atomic mass is 19.3. The van der Waals surface area contributed by atoms with Gasteiger partial charge in [0.1, 0.15) is 6.61 Å². The molecule has 0 saturated heterocycles. The van der Waals surface area contributed by atoms with Crippen LogP contribution < -0.4 is 10.6 Å². The summed E-state index contributed by atoms with van der Waals surface area (Å²) in [4.78, 5) is 14.3. The van der Waals surface area contributed by atoms with Gasteiger partial charge in [0.25, 0.3) is 17.8 Å². The Morgan fingerprint density at radius 2 is 2.03 bits per heavy atom. The smallest absolute Gasteiger partial charge is 0.287 e. The molecule has 0 bridgehead atoms. The van der Waals surface area contributed by atoms with E-state index in [4.69, 9.17) is 5.11 Å². The minimum atomic E-state index is -3.29. The monoisotopic (exact) mass is 518 g/mol. The summed E-state index contributed by atoms with van der Waals surface area (Å²) in [6.07, 6.45) is 2.21. The fourth-order valence-electron chi connectivity index (χ4n) is 3.93. The number of rotatable bonds is 8. The Morgan fingerprint density at radius 3 is 2.76 bits per heavy atom. The van der Waals surface area contributed by atoms with Gasteiger partial charge in [-0.3, -0.25) is 4.79 Å². The van der Waals surface area contributed by atoms with E-state index in [9.17, 15) is 22.4 Å². The highest BCUT2D eigenvalue weighted by Gasteiger charge is 2.47. The molecular formula is C23H22F4N8O2. The number of pyridine rings is 1. The average molecular weight is 518 g/mol. The molecule has 1 fully saturated rings. The zero-order valence-corrected chi connectivity index (χ0v) is 19.5. The number of halogens is 4. The molecule has 10 nitrogen and oxygen atoms in total. The summed E-state index contributed by atoms with van der Waals surface area (Å²) < 4.78 is 54.6. The highest BCUT2D eigenvalue weighted by molar-refractivity contribution is 6.09. The minimum Gasteiger partial charge on any atom is -0.390 e. The molecule has 0 spiro atoms. The molecular weight excluding hydrogens is 496 g/mol. The van der Waals surface area contributed by atoms with Crippen LogP contribution in [0.5, 0.6) is 0 Å². The van der Waals surface area contributed by atoms with Crippen molar-refractivity contribution < 1.29 is 27.5 Å². The molecule has 37 heavy (non-hydrogen) atoms. The quantitative estimate of drug-likeness (QED) is 0.305. The lowest BCUT2D eigenvalue weighted by molar-refractivity contribution is -0.110. The van der Waals surface area contributed by atoms with E-state index in [1.807, 2.05) is 0 Å². The van der Waals surface area contributed by atoms with E-state index in [-0.39, 0.29) is 24.2 Å². The molecule has 3 N–H and O–H groups in total. The summed E-state index contributed by atoms with van der Waals surface area (Å²) in [7, 11) is 0. The predicted octanol–water partition coefficient (Wildman–Crippen LogP) is 3.56. The molecule has 3 aromatic heterocycles. The fourth-order valence-corrected chi connectivity index (χ4v) is 3.93. The van der Waals surface area contributed by atoms with Gasteiger partial charge in [-0.25, -0.2) is 22.1 Å². The maximum absolute atomic E-state index is 13.4. The summed E-state index contributed by atoms with van der Waals surface area (Å²) in [5, 5.41) is 30.3. The molecule has 3 heterocycles. The third-order valence-corrected chi connectivity index (χ3v) is 6.12. The van der Waals surface area contributed by atoms with Crippen molar-refractivity contribution in [2.75, 3.05) is 23.8 Å². The van der Waals surface area contributed by atoms with Gasteiger partial charge in [0.2, 0.25) is 5.82 Å². The summed E-state index contributed by atoms with van der Waals surface area (Å²) >= 11 is 0. The number of aromatic nitrogens is 6. The number of amides is 1. The van der Waals surface area contributed by atoms with E-state index in [0.717, 1.165) is 5.56 Å². The number of benzene rings is 1. The summed E-state index contributed by atoms with van der Waals surface area (Å²) in [5.41, 5.74) is 2.66. The number of nitrogens with zero attached hydrogens (tertiary/aromatic N) is 6. The number of carbonyl (C=O) groups is 1. The molecule has 1 aliphatic carbocycles. The Kier molecular flexibility index (Phi) is 6.06. The van der Waals surface area contributed by atoms with Gasteiger partial charge in [0, 0.05) is 36.0 Å². The highest BCUT2D eigenvalue weighted by Crippen LogP contribution is 2.44. The number of tetrazole rings is 1. The number of fused-ring (bicyclic) bond motifs is 1. The van der Waals surface area contributed by atoms with E-state index < -0.39 is 36.9 Å². The van der Waals surface area contributed by atoms with E-state index in [0.29, 0.717) is 22.5 Å². The van der Waals surface area contributed by atoms with Crippen molar-refractivity contribution >= 4 is 22.8 Å². The van der Waals surface area contributed by atoms with Crippen molar-refractivity contribution in [3.05, 3.63) is 53.9 Å². The van der Waals surface area contributed by atoms with Gasteiger partial charge in [-0.05, 0) is 35.9 Å². The molecule has 0 atom stereocenters. The van der Waals surface area contributed by atoms with Crippen LogP contribution in [0.15, 0.2) is 42.7 Å². The number of hydrogen-bond donors (Lipinski definition) is 3. The van der Waals surface area contributed by atoms with Crippen molar-refractivity contribution in [3.63, 3.8) is 0 Å². The van der Waals surface area contributed by atoms with Crippen LogP contribution in [0.4, 0.5) is 28.9 Å². The number of carbonyl (C=O) groups excluding carboxylic acids is 1. The first-order chi connectivity index (χ1) is 17.5. The van der Waals surface area contributed by atoms with E-state index in [1.54, 1.807) is 25.1 Å². The van der Waals surface area contributed by atoms with Crippen molar-refractivity contribution in [2.24, 2.45) is 0 Å². The number of anilines is 2. The Hall–Kier alpha value is -4.07. The molecule has 194 valence electrons. The van der Waals surface area contributed by atoms with Crippen LogP contribution in [-0.4, -0.2) is 65.8 Å². The second-order valence-electron chi connectivity index (χ2n) is 9.01. The number of aryl methyl sites for hydroxylation is 1. The molecule has 0 aliphatic heterocycles. The lowest BCUT2D eigenvalue weighted by Gasteiger charge is -2.33. The lowest BCUT2D eigenvalue weighted by atomic mass is 9.89. The maximum atomic E-state index is 13.4. The standard InChI is InChI=1S/C23H22F4N8O2/c1-13-2-3-14(20-31-33-35(32-20)16-8-22(24,25)9-16)6-18(13)30-21(37)17-10-29-34-5-4-15(7-19(17)34)28-11-23(26,27)12-36/h2-7,10,16,28,36H,8-9,11-12H2,1H3,(H,30,37). The Morgan fingerprint density at radius 1 is 1.24 bits per heavy atom. The van der Waals surface area contributed by atoms with Gasteiger partial charge >= 0.3 is 0 Å². The number of alkyl halides is 4. The molecule has 0 unspecified atom stereocenters. The van der Waals surface area contributed by atoms with Crippen LogP contribution in [0.2, 0.25) is 0 Å². The fraction of sp³-hybridized carbons (Fsp3) is 0.348. The average Bonchev–Trinajstić information content (AvgIpc) is 3.50. The van der Waals surface area contributed by atoms with Crippen LogP contribution in [0.3, 0.4) is 0 Å². The second kappa shape index (κ2) is 9.10. The van der Waals surface area contributed by atoms with Crippen LogP contribution >= 0.6 is 0 Å². The predicted molar refractivity (Wildman–Crippen MR) is 125 cm³/mol. The second-order valence-corrected chi connectivity index (χ2v) is 9.01. The zero-order chi connectivity index (χ0) is 26.4.